The van der Waals surface area contributed by atoms with Crippen molar-refractivity contribution in [2.75, 3.05) is 0 Å². The van der Waals surface area contributed by atoms with E-state index >= 15 is 0 Å². The van der Waals surface area contributed by atoms with Crippen LogP contribution in [-0.4, -0.2) is 17.9 Å². The van der Waals surface area contributed by atoms with Crippen LogP contribution in [0.4, 0.5) is 9.59 Å². The molecule has 0 bridgehead atoms. The minimum atomic E-state index is -1.08. The first-order valence-electron chi connectivity index (χ1n) is 5.48. The molecule has 98 valence electrons. The predicted octanol–water partition coefficient (Wildman–Crippen LogP) is 3.27. The maximum absolute atomic E-state index is 11.2. The minimum absolute atomic E-state index is 0.0441. The molecule has 0 aliphatic heterocycles. The van der Waals surface area contributed by atoms with Gasteiger partial charge in [-0.1, -0.05) is 30.3 Å². The molecule has 0 fully saturated rings. The highest BCUT2D eigenvalue weighted by Crippen LogP contribution is 2.09. The van der Waals surface area contributed by atoms with Gasteiger partial charge in [-0.3, -0.25) is 0 Å². The number of hydrogen-bond acceptors (Lipinski definition) is 5. The molecule has 1 rings (SSSR count). The zero-order valence-corrected chi connectivity index (χ0v) is 10.6. The van der Waals surface area contributed by atoms with Crippen molar-refractivity contribution in [1.82, 2.24) is 0 Å². The Morgan fingerprint density at radius 2 is 1.67 bits per heavy atom. The van der Waals surface area contributed by atoms with E-state index in [1.807, 2.05) is 18.2 Å². The average Bonchev–Trinajstić information content (AvgIpc) is 2.25. The first-order chi connectivity index (χ1) is 8.37. The third-order valence-electron chi connectivity index (χ3n) is 1.76. The van der Waals surface area contributed by atoms with Crippen LogP contribution in [0.2, 0.25) is 0 Å². The number of hydrogen-bond donors (Lipinski definition) is 0. The van der Waals surface area contributed by atoms with Gasteiger partial charge in [0.05, 0.1) is 0 Å². The fraction of sp³-hybridized carbons (Fsp3) is 0.385. The smallest absolute Gasteiger partial charge is 0.429 e. The number of carbonyl (C=O) groups excluding carboxylic acids is 2. The summed E-state index contributed by atoms with van der Waals surface area (Å²) in [5, 5.41) is 0. The number of carbonyl (C=O) groups is 2. The van der Waals surface area contributed by atoms with Crippen LogP contribution < -0.4 is 0 Å². The second kappa shape index (κ2) is 6.05. The van der Waals surface area contributed by atoms with Crippen LogP contribution in [-0.2, 0) is 20.8 Å². The topological polar surface area (TPSA) is 61.8 Å². The van der Waals surface area contributed by atoms with E-state index in [-0.39, 0.29) is 6.61 Å². The SMILES string of the molecule is CC(C)(C)OC(=O)OC(=O)OCc1ccccc1. The molecule has 1 aromatic rings. The Balaban J connectivity index is 2.32. The van der Waals surface area contributed by atoms with Gasteiger partial charge in [-0.15, -0.1) is 0 Å². The summed E-state index contributed by atoms with van der Waals surface area (Å²) in [6.45, 7) is 5.05. The Morgan fingerprint density at radius 1 is 1.06 bits per heavy atom. The van der Waals surface area contributed by atoms with Crippen LogP contribution in [0.1, 0.15) is 26.3 Å². The second-order valence-electron chi connectivity index (χ2n) is 4.59. The van der Waals surface area contributed by atoms with Gasteiger partial charge in [-0.25, -0.2) is 9.59 Å². The molecule has 0 saturated heterocycles. The van der Waals surface area contributed by atoms with Gasteiger partial charge >= 0.3 is 12.3 Å². The highest BCUT2D eigenvalue weighted by atomic mass is 16.8. The van der Waals surface area contributed by atoms with Gasteiger partial charge in [0, 0.05) is 0 Å². The maximum Gasteiger partial charge on any atom is 0.519 e. The van der Waals surface area contributed by atoms with Crippen molar-refractivity contribution in [1.29, 1.82) is 0 Å². The summed E-state index contributed by atoms with van der Waals surface area (Å²) in [6, 6.07) is 9.07. The summed E-state index contributed by atoms with van der Waals surface area (Å²) in [4.78, 5) is 22.3. The lowest BCUT2D eigenvalue weighted by Crippen LogP contribution is -2.26. The van der Waals surface area contributed by atoms with Gasteiger partial charge in [0.2, 0.25) is 0 Å². The van der Waals surface area contributed by atoms with E-state index in [2.05, 4.69) is 4.74 Å². The van der Waals surface area contributed by atoms with E-state index in [1.54, 1.807) is 32.9 Å². The summed E-state index contributed by atoms with van der Waals surface area (Å²) in [5.74, 6) is 0. The fourth-order valence-corrected chi connectivity index (χ4v) is 1.08. The van der Waals surface area contributed by atoms with E-state index in [9.17, 15) is 9.59 Å². The molecule has 5 nitrogen and oxygen atoms in total. The molecule has 0 spiro atoms. The van der Waals surface area contributed by atoms with Crippen LogP contribution in [0.15, 0.2) is 30.3 Å². The monoisotopic (exact) mass is 252 g/mol. The lowest BCUT2D eigenvalue weighted by molar-refractivity contribution is -0.00910. The summed E-state index contributed by atoms with van der Waals surface area (Å²) < 4.78 is 13.9. The van der Waals surface area contributed by atoms with Crippen molar-refractivity contribution in [2.24, 2.45) is 0 Å². The Morgan fingerprint density at radius 3 is 2.22 bits per heavy atom. The molecule has 0 atom stereocenters. The quantitative estimate of drug-likeness (QED) is 0.597. The van der Waals surface area contributed by atoms with Gasteiger partial charge in [0.1, 0.15) is 12.2 Å². The van der Waals surface area contributed by atoms with Gasteiger partial charge in [-0.05, 0) is 26.3 Å². The molecule has 0 heterocycles. The second-order valence-corrected chi connectivity index (χ2v) is 4.59. The van der Waals surface area contributed by atoms with E-state index in [4.69, 9.17) is 9.47 Å². The molecule has 0 amide bonds. The van der Waals surface area contributed by atoms with Crippen molar-refractivity contribution < 1.29 is 23.8 Å². The van der Waals surface area contributed by atoms with E-state index in [0.717, 1.165) is 5.56 Å². The Labute approximate surface area is 106 Å². The summed E-state index contributed by atoms with van der Waals surface area (Å²) in [5.41, 5.74) is 0.0928. The molecule has 5 heteroatoms. The summed E-state index contributed by atoms with van der Waals surface area (Å²) >= 11 is 0. The number of rotatable bonds is 2. The predicted molar refractivity (Wildman–Crippen MR) is 63.9 cm³/mol. The third kappa shape index (κ3) is 5.89. The Bertz CT molecular complexity index is 405. The summed E-state index contributed by atoms with van der Waals surface area (Å²) in [7, 11) is 0. The first-order valence-corrected chi connectivity index (χ1v) is 5.48. The molecule has 0 N–H and O–H groups in total. The van der Waals surface area contributed by atoms with Gasteiger partial charge in [-0.2, -0.15) is 0 Å². The van der Waals surface area contributed by atoms with Gasteiger partial charge < -0.3 is 14.2 Å². The molecule has 0 aromatic heterocycles. The molecule has 0 aliphatic rings. The van der Waals surface area contributed by atoms with Crippen molar-refractivity contribution in [3.63, 3.8) is 0 Å². The van der Waals surface area contributed by atoms with E-state index in [0.29, 0.717) is 0 Å². The normalized spacial score (nSPS) is 10.6. The van der Waals surface area contributed by atoms with Crippen LogP contribution in [0.5, 0.6) is 0 Å². The third-order valence-corrected chi connectivity index (χ3v) is 1.76. The maximum atomic E-state index is 11.2. The molecule has 0 aliphatic carbocycles. The van der Waals surface area contributed by atoms with Crippen molar-refractivity contribution >= 4 is 12.3 Å². The standard InChI is InChI=1S/C13H16O5/c1-13(2,3)18-12(15)17-11(14)16-9-10-7-5-4-6-8-10/h4-8H,9H2,1-3H3. The van der Waals surface area contributed by atoms with Crippen LogP contribution in [0.3, 0.4) is 0 Å². The number of benzene rings is 1. The Hall–Kier alpha value is -2.04. The zero-order chi connectivity index (χ0) is 13.6. The molecule has 0 radical (unpaired) electrons. The Kier molecular flexibility index (Phi) is 4.71. The fourth-order valence-electron chi connectivity index (χ4n) is 1.08. The van der Waals surface area contributed by atoms with Crippen LogP contribution in [0.25, 0.3) is 0 Å². The zero-order valence-electron chi connectivity index (χ0n) is 10.6. The van der Waals surface area contributed by atoms with Crippen molar-refractivity contribution in [3.05, 3.63) is 35.9 Å². The number of ether oxygens (including phenoxy) is 3. The van der Waals surface area contributed by atoms with Gasteiger partial charge in [0.25, 0.3) is 0 Å². The molecule has 0 saturated carbocycles. The minimum Gasteiger partial charge on any atom is -0.429 e. The molecule has 18 heavy (non-hydrogen) atoms. The van der Waals surface area contributed by atoms with E-state index < -0.39 is 17.9 Å². The molecule has 1 aromatic carbocycles. The highest BCUT2D eigenvalue weighted by molar-refractivity contribution is 5.77. The average molecular weight is 252 g/mol. The summed E-state index contributed by atoms with van der Waals surface area (Å²) in [6.07, 6.45) is -2.14. The largest absolute Gasteiger partial charge is 0.519 e. The van der Waals surface area contributed by atoms with Crippen molar-refractivity contribution in [2.45, 2.75) is 33.0 Å². The van der Waals surface area contributed by atoms with Gasteiger partial charge in [0.15, 0.2) is 0 Å². The van der Waals surface area contributed by atoms with Crippen LogP contribution >= 0.6 is 0 Å². The molecule has 0 unspecified atom stereocenters. The van der Waals surface area contributed by atoms with E-state index in [1.165, 1.54) is 0 Å². The highest BCUT2D eigenvalue weighted by Gasteiger charge is 2.20. The molecular formula is C13H16O5. The van der Waals surface area contributed by atoms with Crippen LogP contribution in [0, 0.1) is 0 Å². The lowest BCUT2D eigenvalue weighted by Gasteiger charge is -2.17. The molecular weight excluding hydrogens is 236 g/mol. The van der Waals surface area contributed by atoms with Crippen molar-refractivity contribution in [3.8, 4) is 0 Å². The first kappa shape index (κ1) is 14.0. The lowest BCUT2D eigenvalue weighted by atomic mass is 10.2.